The number of nitrogens with zero attached hydrogens (tertiary/aromatic N) is 2. The predicted molar refractivity (Wildman–Crippen MR) is 145 cm³/mol. The van der Waals surface area contributed by atoms with Crippen LogP contribution in [0.3, 0.4) is 0 Å². The lowest BCUT2D eigenvalue weighted by Gasteiger charge is -2.42. The SMILES string of the molecule is CNC1CCN(C2CCN(c3cccc(-c4cccc(OC)c4)c3)CC2)CC1.O=C(O)C(F)(F)F.O=C(O)C(F)(F)F. The molecule has 0 radical (unpaired) electrons. The van der Waals surface area contributed by atoms with Gasteiger partial charge in [-0.3, -0.25) is 0 Å². The van der Waals surface area contributed by atoms with E-state index in [9.17, 15) is 26.3 Å². The Morgan fingerprint density at radius 3 is 1.74 bits per heavy atom. The number of alkyl halides is 6. The van der Waals surface area contributed by atoms with Crippen LogP contribution < -0.4 is 15.0 Å². The van der Waals surface area contributed by atoms with Gasteiger partial charge in [-0.2, -0.15) is 26.3 Å². The third-order valence-corrected chi connectivity index (χ3v) is 7.02. The molecule has 0 unspecified atom stereocenters. The molecule has 14 heteroatoms. The maximum absolute atomic E-state index is 10.6. The quantitative estimate of drug-likeness (QED) is 0.395. The molecular weight excluding hydrogens is 572 g/mol. The van der Waals surface area contributed by atoms with Crippen LogP contribution >= 0.6 is 0 Å². The lowest BCUT2D eigenvalue weighted by molar-refractivity contribution is -0.193. The Kier molecular flexibility index (Phi) is 12.9. The van der Waals surface area contributed by atoms with Gasteiger partial charge in [0.2, 0.25) is 0 Å². The molecule has 0 aliphatic carbocycles. The first-order valence-electron chi connectivity index (χ1n) is 13.2. The first-order valence-corrected chi connectivity index (χ1v) is 13.2. The van der Waals surface area contributed by atoms with Crippen molar-refractivity contribution in [3.05, 3.63) is 48.5 Å². The molecule has 2 aromatic rings. The minimum Gasteiger partial charge on any atom is -0.497 e. The third kappa shape index (κ3) is 11.0. The number of benzene rings is 2. The molecule has 0 atom stereocenters. The summed E-state index contributed by atoms with van der Waals surface area (Å²) in [5.41, 5.74) is 3.81. The number of hydrogen-bond donors (Lipinski definition) is 3. The fraction of sp³-hybridized carbons (Fsp3) is 0.500. The molecule has 2 saturated heterocycles. The number of aliphatic carboxylic acids is 2. The van der Waals surface area contributed by atoms with E-state index in [1.807, 2.05) is 6.07 Å². The lowest BCUT2D eigenvalue weighted by atomic mass is 9.97. The summed E-state index contributed by atoms with van der Waals surface area (Å²) in [5, 5.41) is 17.7. The van der Waals surface area contributed by atoms with Gasteiger partial charge in [-0.1, -0.05) is 24.3 Å². The second kappa shape index (κ2) is 15.6. The highest BCUT2D eigenvalue weighted by Crippen LogP contribution is 2.30. The first-order chi connectivity index (χ1) is 19.6. The van der Waals surface area contributed by atoms with E-state index in [1.54, 1.807) is 7.11 Å². The van der Waals surface area contributed by atoms with Gasteiger partial charge in [0.05, 0.1) is 7.11 Å². The van der Waals surface area contributed by atoms with Crippen LogP contribution in [0.25, 0.3) is 11.1 Å². The summed E-state index contributed by atoms with van der Waals surface area (Å²) in [7, 11) is 3.82. The molecule has 2 heterocycles. The van der Waals surface area contributed by atoms with Crippen molar-refractivity contribution in [2.75, 3.05) is 45.2 Å². The van der Waals surface area contributed by atoms with Gasteiger partial charge in [0.25, 0.3) is 0 Å². The van der Waals surface area contributed by atoms with Crippen LogP contribution in [0.1, 0.15) is 25.7 Å². The number of likely N-dealkylation sites (tertiary alicyclic amines) is 1. The summed E-state index contributed by atoms with van der Waals surface area (Å²) in [4.78, 5) is 23.1. The Bertz CT molecular complexity index is 1120. The van der Waals surface area contributed by atoms with E-state index in [-0.39, 0.29) is 0 Å². The summed E-state index contributed by atoms with van der Waals surface area (Å²) in [5.74, 6) is -4.61. The smallest absolute Gasteiger partial charge is 0.490 e. The Hall–Kier alpha value is -3.52. The molecule has 8 nitrogen and oxygen atoms in total. The van der Waals surface area contributed by atoms with Crippen molar-refractivity contribution in [3.8, 4) is 16.9 Å². The second-order valence-electron chi connectivity index (χ2n) is 9.71. The summed E-state index contributed by atoms with van der Waals surface area (Å²) in [6.07, 6.45) is -5.04. The molecule has 2 aromatic carbocycles. The van der Waals surface area contributed by atoms with E-state index >= 15 is 0 Å². The molecular formula is C28H35F6N3O5. The normalized spacial score (nSPS) is 16.9. The first kappa shape index (κ1) is 34.7. The fourth-order valence-corrected chi connectivity index (χ4v) is 4.73. The average molecular weight is 608 g/mol. The zero-order valence-corrected chi connectivity index (χ0v) is 23.2. The van der Waals surface area contributed by atoms with Crippen LogP contribution in [0.5, 0.6) is 5.75 Å². The molecule has 0 aromatic heterocycles. The topological polar surface area (TPSA) is 102 Å². The van der Waals surface area contributed by atoms with Gasteiger partial charge in [0.15, 0.2) is 0 Å². The van der Waals surface area contributed by atoms with Crippen molar-refractivity contribution in [1.29, 1.82) is 0 Å². The van der Waals surface area contributed by atoms with Crippen molar-refractivity contribution in [3.63, 3.8) is 0 Å². The number of rotatable bonds is 5. The van der Waals surface area contributed by atoms with E-state index in [1.165, 1.54) is 55.6 Å². The van der Waals surface area contributed by atoms with Gasteiger partial charge in [-0.25, -0.2) is 9.59 Å². The zero-order valence-electron chi connectivity index (χ0n) is 23.2. The van der Waals surface area contributed by atoms with Crippen LogP contribution in [0.2, 0.25) is 0 Å². The van der Waals surface area contributed by atoms with Crippen molar-refractivity contribution in [2.45, 2.75) is 50.1 Å². The number of nitrogens with one attached hydrogen (secondary N) is 1. The molecule has 42 heavy (non-hydrogen) atoms. The van der Waals surface area contributed by atoms with Gasteiger partial charge >= 0.3 is 24.3 Å². The summed E-state index contributed by atoms with van der Waals surface area (Å²) >= 11 is 0. The number of carbonyl (C=O) groups is 2. The van der Waals surface area contributed by atoms with Gasteiger partial charge in [0.1, 0.15) is 5.75 Å². The van der Waals surface area contributed by atoms with Gasteiger partial charge in [0, 0.05) is 30.9 Å². The van der Waals surface area contributed by atoms with Crippen molar-refractivity contribution in [1.82, 2.24) is 10.2 Å². The molecule has 0 spiro atoms. The van der Waals surface area contributed by atoms with Crippen LogP contribution in [-0.4, -0.2) is 91.8 Å². The maximum Gasteiger partial charge on any atom is 0.490 e. The minimum atomic E-state index is -5.08. The maximum atomic E-state index is 10.6. The Morgan fingerprint density at radius 1 is 0.810 bits per heavy atom. The molecule has 3 N–H and O–H groups in total. The third-order valence-electron chi connectivity index (χ3n) is 7.02. The zero-order chi connectivity index (χ0) is 31.5. The van der Waals surface area contributed by atoms with Crippen LogP contribution in [0.15, 0.2) is 48.5 Å². The number of ether oxygens (including phenoxy) is 1. The van der Waals surface area contributed by atoms with E-state index in [0.717, 1.165) is 30.9 Å². The molecule has 2 fully saturated rings. The summed E-state index contributed by atoms with van der Waals surface area (Å²) < 4.78 is 68.9. The molecule has 2 aliphatic heterocycles. The number of methoxy groups -OCH3 is 1. The Balaban J connectivity index is 0.000000367. The second-order valence-corrected chi connectivity index (χ2v) is 9.71. The van der Waals surface area contributed by atoms with Crippen molar-refractivity contribution < 1.29 is 50.9 Å². The van der Waals surface area contributed by atoms with E-state index < -0.39 is 24.3 Å². The highest BCUT2D eigenvalue weighted by molar-refractivity contribution is 5.73. The molecule has 0 bridgehead atoms. The van der Waals surface area contributed by atoms with Gasteiger partial charge in [-0.15, -0.1) is 0 Å². The van der Waals surface area contributed by atoms with Crippen LogP contribution in [-0.2, 0) is 9.59 Å². The molecule has 0 amide bonds. The van der Waals surface area contributed by atoms with Crippen molar-refractivity contribution >= 4 is 17.6 Å². The number of carboxylic acids is 2. The highest BCUT2D eigenvalue weighted by Gasteiger charge is 2.39. The average Bonchev–Trinajstić information content (AvgIpc) is 2.97. The molecule has 234 valence electrons. The number of hydrogen-bond acceptors (Lipinski definition) is 6. The highest BCUT2D eigenvalue weighted by atomic mass is 19.4. The summed E-state index contributed by atoms with van der Waals surface area (Å²) in [6.45, 7) is 4.80. The van der Waals surface area contributed by atoms with Crippen LogP contribution in [0.4, 0.5) is 32.0 Å². The Morgan fingerprint density at radius 2 is 1.29 bits per heavy atom. The fourth-order valence-electron chi connectivity index (χ4n) is 4.73. The Labute approximate surface area is 239 Å². The standard InChI is InChI=1S/C24H33N3O.2C2HF3O2/c1-25-21-9-13-26(14-10-21)22-11-15-27(16-12-22)23-7-3-5-19(17-23)20-6-4-8-24(18-20)28-2;2*3-2(4,5)1(6)7/h3-8,17-18,21-22,25H,9-16H2,1-2H3;2*(H,6,7). The van der Waals surface area contributed by atoms with E-state index in [4.69, 9.17) is 24.5 Å². The number of carboxylic acid groups (broad SMARTS) is 2. The molecule has 4 rings (SSSR count). The number of halogens is 6. The van der Waals surface area contributed by atoms with E-state index in [0.29, 0.717) is 0 Å². The van der Waals surface area contributed by atoms with Crippen molar-refractivity contribution in [2.24, 2.45) is 0 Å². The van der Waals surface area contributed by atoms with Gasteiger partial charge < -0.3 is 30.1 Å². The largest absolute Gasteiger partial charge is 0.497 e. The monoisotopic (exact) mass is 607 g/mol. The summed E-state index contributed by atoms with van der Waals surface area (Å²) in [6, 6.07) is 18.8. The predicted octanol–water partition coefficient (Wildman–Crippen LogP) is 5.28. The van der Waals surface area contributed by atoms with Crippen LogP contribution in [0, 0.1) is 0 Å². The minimum absolute atomic E-state index is 0.718. The molecule has 2 aliphatic rings. The lowest BCUT2D eigenvalue weighted by Crippen LogP contribution is -2.50. The number of piperidine rings is 2. The number of anilines is 1. The van der Waals surface area contributed by atoms with E-state index in [2.05, 4.69) is 64.6 Å². The van der Waals surface area contributed by atoms with Gasteiger partial charge in [-0.05, 0) is 81.2 Å². The molecule has 0 saturated carbocycles.